The first-order valence-electron chi connectivity index (χ1n) is 4.05. The van der Waals surface area contributed by atoms with Crippen LogP contribution in [0.5, 0.6) is 0 Å². The molecule has 2 N–H and O–H groups in total. The molecule has 3 heteroatoms. The molecule has 0 aliphatic rings. The SMILES string of the molecule is CNC(C=C(C)C)c1ncc[nH]1. The number of rotatable bonds is 3. The number of aromatic amines is 1. The second-order valence-corrected chi connectivity index (χ2v) is 2.98. The third-order valence-corrected chi connectivity index (χ3v) is 1.62. The second kappa shape index (κ2) is 4.07. The van der Waals surface area contributed by atoms with E-state index in [4.69, 9.17) is 0 Å². The number of allylic oxidation sites excluding steroid dienone is 1. The number of nitrogens with zero attached hydrogens (tertiary/aromatic N) is 1. The van der Waals surface area contributed by atoms with Gasteiger partial charge in [-0.1, -0.05) is 11.6 Å². The van der Waals surface area contributed by atoms with Crippen molar-refractivity contribution in [3.05, 3.63) is 29.9 Å². The topological polar surface area (TPSA) is 40.7 Å². The Labute approximate surface area is 72.9 Å². The summed E-state index contributed by atoms with van der Waals surface area (Å²) in [6.07, 6.45) is 5.73. The predicted octanol–water partition coefficient (Wildman–Crippen LogP) is 1.64. The van der Waals surface area contributed by atoms with E-state index in [2.05, 4.69) is 35.2 Å². The first-order valence-corrected chi connectivity index (χ1v) is 4.05. The van der Waals surface area contributed by atoms with E-state index < -0.39 is 0 Å². The van der Waals surface area contributed by atoms with Gasteiger partial charge in [-0.3, -0.25) is 0 Å². The number of likely N-dealkylation sites (N-methyl/N-ethyl adjacent to an activating group) is 1. The Kier molecular flexibility index (Phi) is 3.05. The van der Waals surface area contributed by atoms with E-state index >= 15 is 0 Å². The fourth-order valence-electron chi connectivity index (χ4n) is 1.08. The molecular weight excluding hydrogens is 150 g/mol. The second-order valence-electron chi connectivity index (χ2n) is 2.98. The molecule has 1 heterocycles. The van der Waals surface area contributed by atoms with Crippen molar-refractivity contribution in [3.8, 4) is 0 Å². The fourth-order valence-corrected chi connectivity index (χ4v) is 1.08. The van der Waals surface area contributed by atoms with Gasteiger partial charge >= 0.3 is 0 Å². The van der Waals surface area contributed by atoms with Crippen LogP contribution in [0.3, 0.4) is 0 Å². The molecule has 1 unspecified atom stereocenters. The van der Waals surface area contributed by atoms with Crippen molar-refractivity contribution in [2.24, 2.45) is 0 Å². The summed E-state index contributed by atoms with van der Waals surface area (Å²) in [7, 11) is 1.92. The maximum Gasteiger partial charge on any atom is 0.127 e. The van der Waals surface area contributed by atoms with Gasteiger partial charge in [-0.2, -0.15) is 0 Å². The Morgan fingerprint density at radius 1 is 1.67 bits per heavy atom. The van der Waals surface area contributed by atoms with E-state index in [1.54, 1.807) is 6.20 Å². The molecule has 0 aliphatic carbocycles. The zero-order valence-electron chi connectivity index (χ0n) is 7.76. The number of imidazole rings is 1. The van der Waals surface area contributed by atoms with Gasteiger partial charge in [0.05, 0.1) is 6.04 Å². The van der Waals surface area contributed by atoms with Gasteiger partial charge in [-0.25, -0.2) is 4.98 Å². The van der Waals surface area contributed by atoms with Crippen LogP contribution in [0, 0.1) is 0 Å². The quantitative estimate of drug-likeness (QED) is 0.668. The molecule has 3 nitrogen and oxygen atoms in total. The van der Waals surface area contributed by atoms with E-state index in [-0.39, 0.29) is 6.04 Å². The van der Waals surface area contributed by atoms with E-state index in [0.29, 0.717) is 0 Å². The summed E-state index contributed by atoms with van der Waals surface area (Å²) < 4.78 is 0. The minimum Gasteiger partial charge on any atom is -0.347 e. The molecule has 1 aromatic rings. The van der Waals surface area contributed by atoms with Crippen LogP contribution >= 0.6 is 0 Å². The van der Waals surface area contributed by atoms with Crippen molar-refractivity contribution in [3.63, 3.8) is 0 Å². The van der Waals surface area contributed by atoms with Crippen molar-refractivity contribution in [1.29, 1.82) is 0 Å². The third kappa shape index (κ3) is 2.20. The molecule has 0 fully saturated rings. The molecule has 0 amide bonds. The molecule has 0 aliphatic heterocycles. The molecule has 0 radical (unpaired) electrons. The van der Waals surface area contributed by atoms with E-state index in [1.807, 2.05) is 13.2 Å². The third-order valence-electron chi connectivity index (χ3n) is 1.62. The highest BCUT2D eigenvalue weighted by atomic mass is 15.0. The van der Waals surface area contributed by atoms with Crippen LogP contribution in [0.2, 0.25) is 0 Å². The number of hydrogen-bond donors (Lipinski definition) is 2. The maximum absolute atomic E-state index is 4.18. The number of nitrogens with one attached hydrogen (secondary N) is 2. The van der Waals surface area contributed by atoms with E-state index in [1.165, 1.54) is 5.57 Å². The number of hydrogen-bond acceptors (Lipinski definition) is 2. The van der Waals surface area contributed by atoms with Crippen LogP contribution in [0.25, 0.3) is 0 Å². The van der Waals surface area contributed by atoms with Gasteiger partial charge in [0, 0.05) is 12.4 Å². The molecule has 12 heavy (non-hydrogen) atoms. The van der Waals surface area contributed by atoms with Crippen LogP contribution < -0.4 is 5.32 Å². The van der Waals surface area contributed by atoms with Gasteiger partial charge in [0.2, 0.25) is 0 Å². The Morgan fingerprint density at radius 3 is 2.83 bits per heavy atom. The average Bonchev–Trinajstić information content (AvgIpc) is 2.51. The molecule has 0 bridgehead atoms. The van der Waals surface area contributed by atoms with Gasteiger partial charge in [0.15, 0.2) is 0 Å². The Hall–Kier alpha value is -1.09. The summed E-state index contributed by atoms with van der Waals surface area (Å²) in [5.41, 5.74) is 1.28. The highest BCUT2D eigenvalue weighted by molar-refractivity contribution is 5.09. The van der Waals surface area contributed by atoms with Crippen LogP contribution in [-0.2, 0) is 0 Å². The summed E-state index contributed by atoms with van der Waals surface area (Å²) in [4.78, 5) is 7.25. The summed E-state index contributed by atoms with van der Waals surface area (Å²) in [5, 5.41) is 3.17. The summed E-state index contributed by atoms with van der Waals surface area (Å²) >= 11 is 0. The Balaban J connectivity index is 2.77. The summed E-state index contributed by atoms with van der Waals surface area (Å²) in [6, 6.07) is 0.199. The first kappa shape index (κ1) is 9.00. The predicted molar refractivity (Wildman–Crippen MR) is 49.8 cm³/mol. The minimum atomic E-state index is 0.199. The molecule has 1 aromatic heterocycles. The summed E-state index contributed by atoms with van der Waals surface area (Å²) in [6.45, 7) is 4.15. The van der Waals surface area contributed by atoms with Crippen molar-refractivity contribution >= 4 is 0 Å². The molecule has 1 rings (SSSR count). The molecule has 66 valence electrons. The normalized spacial score (nSPS) is 12.6. The van der Waals surface area contributed by atoms with Crippen LogP contribution in [0.1, 0.15) is 25.7 Å². The molecular formula is C9H15N3. The van der Waals surface area contributed by atoms with Crippen LogP contribution in [-0.4, -0.2) is 17.0 Å². The largest absolute Gasteiger partial charge is 0.347 e. The molecule has 0 saturated heterocycles. The standard InChI is InChI=1S/C9H15N3/c1-7(2)6-8(10-3)9-11-4-5-12-9/h4-6,8,10H,1-3H3,(H,11,12). The molecule has 0 spiro atoms. The smallest absolute Gasteiger partial charge is 0.127 e. The molecule has 0 aromatic carbocycles. The molecule has 1 atom stereocenters. The lowest BCUT2D eigenvalue weighted by atomic mass is 10.2. The monoisotopic (exact) mass is 165 g/mol. The maximum atomic E-state index is 4.18. The average molecular weight is 165 g/mol. The van der Waals surface area contributed by atoms with Gasteiger partial charge < -0.3 is 10.3 Å². The lowest BCUT2D eigenvalue weighted by Gasteiger charge is -2.08. The van der Waals surface area contributed by atoms with Crippen LogP contribution in [0.15, 0.2) is 24.0 Å². The van der Waals surface area contributed by atoms with Gasteiger partial charge in [0.25, 0.3) is 0 Å². The van der Waals surface area contributed by atoms with Crippen molar-refractivity contribution in [2.75, 3.05) is 7.05 Å². The zero-order valence-corrected chi connectivity index (χ0v) is 7.76. The minimum absolute atomic E-state index is 0.199. The van der Waals surface area contributed by atoms with E-state index in [0.717, 1.165) is 5.82 Å². The summed E-state index contributed by atoms with van der Waals surface area (Å²) in [5.74, 6) is 0.957. The van der Waals surface area contributed by atoms with Crippen molar-refractivity contribution in [1.82, 2.24) is 15.3 Å². The van der Waals surface area contributed by atoms with Gasteiger partial charge in [-0.05, 0) is 20.9 Å². The van der Waals surface area contributed by atoms with Crippen molar-refractivity contribution in [2.45, 2.75) is 19.9 Å². The lowest BCUT2D eigenvalue weighted by molar-refractivity contribution is 0.671. The van der Waals surface area contributed by atoms with Gasteiger partial charge in [0.1, 0.15) is 5.82 Å². The van der Waals surface area contributed by atoms with Crippen LogP contribution in [0.4, 0.5) is 0 Å². The fraction of sp³-hybridized carbons (Fsp3) is 0.444. The Morgan fingerprint density at radius 2 is 2.42 bits per heavy atom. The highest BCUT2D eigenvalue weighted by Gasteiger charge is 2.06. The Bertz CT molecular complexity index is 245. The highest BCUT2D eigenvalue weighted by Crippen LogP contribution is 2.09. The zero-order chi connectivity index (χ0) is 8.97. The van der Waals surface area contributed by atoms with Gasteiger partial charge in [-0.15, -0.1) is 0 Å². The molecule has 0 saturated carbocycles. The lowest BCUT2D eigenvalue weighted by Crippen LogP contribution is -2.15. The number of aromatic nitrogens is 2. The van der Waals surface area contributed by atoms with Crippen molar-refractivity contribution < 1.29 is 0 Å². The number of H-pyrrole nitrogens is 1. The first-order chi connectivity index (χ1) is 5.74. The van der Waals surface area contributed by atoms with E-state index in [9.17, 15) is 0 Å².